The molecule has 2 N–H and O–H groups in total. The highest BCUT2D eigenvalue weighted by atomic mass is 16.3. The minimum Gasteiger partial charge on any atom is -0.438 e. The number of allylic oxidation sites excluding steroid dienone is 1. The van der Waals surface area contributed by atoms with Crippen molar-refractivity contribution < 1.29 is 4.42 Å². The number of nitrogens with one attached hydrogen (secondary N) is 2. The number of benzene rings is 5. The number of aryl methyl sites for hydroxylation is 1. The van der Waals surface area contributed by atoms with Crippen LogP contribution in [0.5, 0.6) is 0 Å². The predicted molar refractivity (Wildman–Crippen MR) is 225 cm³/mol. The van der Waals surface area contributed by atoms with Gasteiger partial charge < -0.3 is 19.0 Å². The van der Waals surface area contributed by atoms with Crippen molar-refractivity contribution in [2.24, 2.45) is 0 Å². The molecule has 6 aromatic heterocycles. The fourth-order valence-electron chi connectivity index (χ4n) is 8.78. The first kappa shape index (κ1) is 30.1. The van der Waals surface area contributed by atoms with Crippen LogP contribution < -0.4 is 0 Å². The van der Waals surface area contributed by atoms with E-state index < -0.39 is 0 Å². The molecule has 12 rings (SSSR count). The van der Waals surface area contributed by atoms with E-state index in [4.69, 9.17) is 9.40 Å². The minimum atomic E-state index is 0.654. The lowest BCUT2D eigenvalue weighted by atomic mass is 9.97. The van der Waals surface area contributed by atoms with Gasteiger partial charge in [0.1, 0.15) is 11.3 Å². The normalized spacial score (nSPS) is 12.9. The monoisotopic (exact) mass is 708 g/mol. The highest BCUT2D eigenvalue weighted by Gasteiger charge is 2.21. The van der Waals surface area contributed by atoms with E-state index in [1.165, 1.54) is 49.7 Å². The zero-order valence-corrected chi connectivity index (χ0v) is 29.6. The van der Waals surface area contributed by atoms with E-state index >= 15 is 0 Å². The van der Waals surface area contributed by atoms with E-state index in [1.807, 2.05) is 30.5 Å². The lowest BCUT2D eigenvalue weighted by Gasteiger charge is -2.11. The Kier molecular flexibility index (Phi) is 6.33. The number of para-hydroxylation sites is 3. The Balaban J connectivity index is 1.06. The van der Waals surface area contributed by atoms with E-state index in [-0.39, 0.29) is 0 Å². The maximum absolute atomic E-state index is 6.51. The number of rotatable bonds is 3. The number of furan rings is 1. The largest absolute Gasteiger partial charge is 0.438 e. The second kappa shape index (κ2) is 11.6. The van der Waals surface area contributed by atoms with Gasteiger partial charge in [-0.25, -0.2) is 4.98 Å². The van der Waals surface area contributed by atoms with Crippen LogP contribution in [0.4, 0.5) is 0 Å². The first-order valence-corrected chi connectivity index (χ1v) is 18.7. The summed E-state index contributed by atoms with van der Waals surface area (Å²) < 4.78 is 11.2. The Morgan fingerprint density at radius 1 is 0.600 bits per heavy atom. The SMILES string of the molecule is C1=Cc2c(c3cc(-c4ccc5c(c4)c4ccccc4n5-c4ccc5oc6[nH]c7ccncc7[nH]c7ccccc7c6c5n4)ccc3n2-c2ccccc2)CC1. The molecule has 0 aliphatic heterocycles. The van der Waals surface area contributed by atoms with Gasteiger partial charge in [0.2, 0.25) is 5.71 Å². The predicted octanol–water partition coefficient (Wildman–Crippen LogP) is 12.1. The average Bonchev–Trinajstić information content (AvgIpc) is 3.87. The number of hydrogen-bond acceptors (Lipinski definition) is 3. The molecule has 0 radical (unpaired) electrons. The average molecular weight is 709 g/mol. The molecule has 6 heterocycles. The van der Waals surface area contributed by atoms with Gasteiger partial charge in [-0.15, -0.1) is 0 Å². The summed E-state index contributed by atoms with van der Waals surface area (Å²) in [5.74, 6) is 0.829. The molecule has 0 saturated heterocycles. The molecule has 0 saturated carbocycles. The van der Waals surface area contributed by atoms with Crippen molar-refractivity contribution in [3.8, 4) is 22.6 Å². The number of nitrogens with zero attached hydrogens (tertiary/aromatic N) is 4. The number of hydrogen-bond donors (Lipinski definition) is 2. The van der Waals surface area contributed by atoms with Crippen LogP contribution in [0.3, 0.4) is 0 Å². The Hall–Kier alpha value is -7.38. The molecule has 5 aromatic carbocycles. The zero-order valence-electron chi connectivity index (χ0n) is 29.6. The third-order valence-corrected chi connectivity index (χ3v) is 11.3. The summed E-state index contributed by atoms with van der Waals surface area (Å²) in [5, 5.41) is 5.61. The van der Waals surface area contributed by atoms with E-state index in [0.29, 0.717) is 11.3 Å². The second-order valence-corrected chi connectivity index (χ2v) is 14.3. The third-order valence-electron chi connectivity index (χ3n) is 11.3. The lowest BCUT2D eigenvalue weighted by Crippen LogP contribution is -1.99. The topological polar surface area (TPSA) is 80.4 Å². The fourth-order valence-corrected chi connectivity index (χ4v) is 8.78. The summed E-state index contributed by atoms with van der Waals surface area (Å²) in [7, 11) is 0. The Bertz CT molecular complexity index is 3440. The van der Waals surface area contributed by atoms with Crippen LogP contribution in [0, 0.1) is 0 Å². The molecule has 1 aliphatic rings. The summed E-state index contributed by atoms with van der Waals surface area (Å²) in [5.41, 5.74) is 14.6. The molecule has 7 heteroatoms. The summed E-state index contributed by atoms with van der Waals surface area (Å²) in [6.07, 6.45) is 10.3. The maximum atomic E-state index is 6.51. The fraction of sp³-hybridized carbons (Fsp3) is 0.0417. The Morgan fingerprint density at radius 3 is 2.25 bits per heavy atom. The van der Waals surface area contributed by atoms with Crippen molar-refractivity contribution in [3.63, 3.8) is 0 Å². The first-order chi connectivity index (χ1) is 27.3. The van der Waals surface area contributed by atoms with Crippen molar-refractivity contribution in [2.45, 2.75) is 12.8 Å². The van der Waals surface area contributed by atoms with Crippen molar-refractivity contribution in [1.82, 2.24) is 29.1 Å². The van der Waals surface area contributed by atoms with Crippen LogP contribution in [-0.4, -0.2) is 29.1 Å². The van der Waals surface area contributed by atoms with Crippen LogP contribution in [0.1, 0.15) is 17.7 Å². The molecule has 0 fully saturated rings. The third kappa shape index (κ3) is 4.50. The molecule has 0 bridgehead atoms. The van der Waals surface area contributed by atoms with Crippen molar-refractivity contribution in [1.29, 1.82) is 0 Å². The van der Waals surface area contributed by atoms with Gasteiger partial charge in [-0.1, -0.05) is 72.8 Å². The van der Waals surface area contributed by atoms with E-state index in [2.05, 4.69) is 145 Å². The number of aromatic nitrogens is 6. The van der Waals surface area contributed by atoms with Gasteiger partial charge in [-0.3, -0.25) is 9.55 Å². The zero-order chi connectivity index (χ0) is 36.0. The smallest absolute Gasteiger partial charge is 0.208 e. The maximum Gasteiger partial charge on any atom is 0.208 e. The summed E-state index contributed by atoms with van der Waals surface area (Å²) in [6, 6.07) is 47.5. The van der Waals surface area contributed by atoms with E-state index in [9.17, 15) is 0 Å². The lowest BCUT2D eigenvalue weighted by molar-refractivity contribution is 0.655. The molecule has 11 aromatic rings. The number of fused-ring (bicyclic) bond motifs is 12. The molecule has 260 valence electrons. The molecule has 0 amide bonds. The summed E-state index contributed by atoms with van der Waals surface area (Å²) in [4.78, 5) is 16.8. The van der Waals surface area contributed by atoms with Gasteiger partial charge in [0, 0.05) is 44.6 Å². The van der Waals surface area contributed by atoms with E-state index in [0.717, 1.165) is 62.5 Å². The van der Waals surface area contributed by atoms with Crippen LogP contribution in [0.25, 0.3) is 106 Å². The Morgan fingerprint density at radius 2 is 1.36 bits per heavy atom. The van der Waals surface area contributed by atoms with Gasteiger partial charge in [-0.05, 0) is 102 Å². The summed E-state index contributed by atoms with van der Waals surface area (Å²) >= 11 is 0. The summed E-state index contributed by atoms with van der Waals surface area (Å²) in [6.45, 7) is 0. The molecular weight excluding hydrogens is 677 g/mol. The first-order valence-electron chi connectivity index (χ1n) is 18.7. The van der Waals surface area contributed by atoms with Gasteiger partial charge in [0.05, 0.1) is 39.2 Å². The number of pyridine rings is 2. The van der Waals surface area contributed by atoms with Crippen molar-refractivity contribution in [2.75, 3.05) is 0 Å². The van der Waals surface area contributed by atoms with Crippen molar-refractivity contribution in [3.05, 3.63) is 163 Å². The highest BCUT2D eigenvalue weighted by Crippen LogP contribution is 2.40. The van der Waals surface area contributed by atoms with Gasteiger partial charge in [0.15, 0.2) is 5.58 Å². The standard InChI is InChI=1S/C48H32N6O/c1-2-10-31(11-3-1)53-40-16-8-5-12-32(40)35-26-29(18-20-42(35)53)30-19-21-43-36(27-30)33-13-6-9-17-41(33)54(43)45-23-22-44-47(52-45)46-34-14-4-7-15-37(34)50-39-28-49-25-24-38(39)51-48(46)55-44/h1-4,6-11,13-28,50-51H,5,12H2. The van der Waals surface area contributed by atoms with E-state index in [1.54, 1.807) is 6.20 Å². The van der Waals surface area contributed by atoms with Crippen LogP contribution in [0.2, 0.25) is 0 Å². The van der Waals surface area contributed by atoms with Crippen molar-refractivity contribution >= 4 is 82.9 Å². The number of H-pyrrole nitrogens is 2. The van der Waals surface area contributed by atoms with Gasteiger partial charge in [-0.2, -0.15) is 0 Å². The molecule has 7 nitrogen and oxygen atoms in total. The van der Waals surface area contributed by atoms with Crippen LogP contribution >= 0.6 is 0 Å². The van der Waals surface area contributed by atoms with Crippen LogP contribution in [0.15, 0.2) is 156 Å². The number of aromatic amines is 2. The molecule has 0 atom stereocenters. The molecule has 0 spiro atoms. The van der Waals surface area contributed by atoms with Crippen LogP contribution in [-0.2, 0) is 6.42 Å². The second-order valence-electron chi connectivity index (χ2n) is 14.3. The van der Waals surface area contributed by atoms with Gasteiger partial charge >= 0.3 is 0 Å². The highest BCUT2D eigenvalue weighted by molar-refractivity contribution is 6.16. The minimum absolute atomic E-state index is 0.654. The van der Waals surface area contributed by atoms with Gasteiger partial charge in [0.25, 0.3) is 0 Å². The molecule has 0 unspecified atom stereocenters. The quantitative estimate of drug-likeness (QED) is 0.192. The molecule has 1 aliphatic carbocycles. The Labute approximate surface area is 314 Å². The molecular formula is C48H32N6O. The molecule has 55 heavy (non-hydrogen) atoms.